The second kappa shape index (κ2) is 14.4. The molecule has 3 aromatic rings. The van der Waals surface area contributed by atoms with Crippen LogP contribution in [-0.4, -0.2) is 33.2 Å². The Kier molecular flexibility index (Phi) is 10.4. The Morgan fingerprint density at radius 3 is 1.63 bits per heavy atom. The molecule has 41 heavy (non-hydrogen) atoms. The van der Waals surface area contributed by atoms with Gasteiger partial charge in [0.05, 0.1) is 12.8 Å². The summed E-state index contributed by atoms with van der Waals surface area (Å²) in [5, 5.41) is 27.8. The summed E-state index contributed by atoms with van der Waals surface area (Å²) in [6, 6.07) is 16.7. The van der Waals surface area contributed by atoms with Crippen molar-refractivity contribution in [2.75, 3.05) is 0 Å². The first kappa shape index (κ1) is 29.8. The maximum absolute atomic E-state index is 12.5. The second-order valence-electron chi connectivity index (χ2n) is 8.30. The predicted octanol–water partition coefficient (Wildman–Crippen LogP) is 3.50. The van der Waals surface area contributed by atoms with Gasteiger partial charge in [-0.05, 0) is 46.5 Å². The van der Waals surface area contributed by atoms with Crippen LogP contribution in [0.5, 0.6) is 11.5 Å². The molecule has 0 saturated carbocycles. The number of aliphatic carboxylic acids is 1. The third-order valence-electron chi connectivity index (χ3n) is 5.26. The SMILES string of the molecule is O=C(O)C=Cc1cc(OC(=O)Cc2ccc(CO[N+](=O)[O-])cc2)ccc1OC(=O)Cc1ccc(CO[N+](=O)[O-])cc1. The average molecular weight is 566 g/mol. The van der Waals surface area contributed by atoms with Crippen LogP contribution in [0.25, 0.3) is 6.08 Å². The number of carbonyl (C=O) groups is 3. The fourth-order valence-electron chi connectivity index (χ4n) is 3.40. The van der Waals surface area contributed by atoms with Crippen LogP contribution in [-0.2, 0) is 50.1 Å². The Bertz CT molecular complexity index is 1450. The fraction of sp³-hybridized carbons (Fsp3) is 0.148. The Hall–Kier alpha value is -5.79. The summed E-state index contributed by atoms with van der Waals surface area (Å²) in [7, 11) is 0. The van der Waals surface area contributed by atoms with Crippen LogP contribution in [0.15, 0.2) is 72.8 Å². The lowest BCUT2D eigenvalue weighted by atomic mass is 10.1. The van der Waals surface area contributed by atoms with Gasteiger partial charge in [-0.3, -0.25) is 9.59 Å². The summed E-state index contributed by atoms with van der Waals surface area (Å²) in [5.74, 6) is -2.46. The molecule has 0 aliphatic rings. The lowest BCUT2D eigenvalue weighted by Crippen LogP contribution is -2.13. The van der Waals surface area contributed by atoms with E-state index in [4.69, 9.17) is 14.6 Å². The molecular formula is C27H22N2O12. The van der Waals surface area contributed by atoms with Gasteiger partial charge in [0.1, 0.15) is 24.7 Å². The fourth-order valence-corrected chi connectivity index (χ4v) is 3.40. The molecular weight excluding hydrogens is 544 g/mol. The molecule has 212 valence electrons. The molecule has 3 rings (SSSR count). The average Bonchev–Trinajstić information content (AvgIpc) is 2.92. The maximum atomic E-state index is 12.5. The van der Waals surface area contributed by atoms with Crippen LogP contribution in [0.3, 0.4) is 0 Å². The second-order valence-corrected chi connectivity index (χ2v) is 8.30. The van der Waals surface area contributed by atoms with Crippen molar-refractivity contribution in [3.8, 4) is 11.5 Å². The number of hydrogen-bond donors (Lipinski definition) is 1. The first-order chi connectivity index (χ1) is 19.6. The van der Waals surface area contributed by atoms with E-state index in [-0.39, 0.29) is 43.1 Å². The van der Waals surface area contributed by atoms with E-state index < -0.39 is 28.1 Å². The molecule has 14 heteroatoms. The Labute approximate surface area is 231 Å². The van der Waals surface area contributed by atoms with Crippen molar-refractivity contribution in [2.45, 2.75) is 26.1 Å². The van der Waals surface area contributed by atoms with Crippen molar-refractivity contribution in [3.05, 3.63) is 121 Å². The molecule has 0 atom stereocenters. The van der Waals surface area contributed by atoms with Gasteiger partial charge in [-0.15, -0.1) is 20.2 Å². The zero-order valence-corrected chi connectivity index (χ0v) is 21.2. The topological polar surface area (TPSA) is 195 Å². The maximum Gasteiger partial charge on any atom is 0.328 e. The van der Waals surface area contributed by atoms with Crippen LogP contribution in [0.1, 0.15) is 27.8 Å². The molecule has 0 radical (unpaired) electrons. The number of benzene rings is 3. The zero-order valence-electron chi connectivity index (χ0n) is 21.2. The predicted molar refractivity (Wildman–Crippen MR) is 138 cm³/mol. The smallest absolute Gasteiger partial charge is 0.328 e. The molecule has 0 aliphatic carbocycles. The van der Waals surface area contributed by atoms with Crippen molar-refractivity contribution in [3.63, 3.8) is 0 Å². The van der Waals surface area contributed by atoms with Gasteiger partial charge >= 0.3 is 17.9 Å². The summed E-state index contributed by atoms with van der Waals surface area (Å²) < 4.78 is 10.8. The van der Waals surface area contributed by atoms with Crippen LogP contribution >= 0.6 is 0 Å². The van der Waals surface area contributed by atoms with Gasteiger partial charge in [0.2, 0.25) is 0 Å². The van der Waals surface area contributed by atoms with E-state index in [0.29, 0.717) is 22.3 Å². The van der Waals surface area contributed by atoms with Crippen LogP contribution in [0, 0.1) is 20.2 Å². The highest BCUT2D eigenvalue weighted by molar-refractivity contribution is 5.87. The van der Waals surface area contributed by atoms with E-state index in [1.807, 2.05) is 0 Å². The highest BCUT2D eigenvalue weighted by Crippen LogP contribution is 2.27. The molecule has 14 nitrogen and oxygen atoms in total. The largest absolute Gasteiger partial charge is 0.478 e. The third-order valence-corrected chi connectivity index (χ3v) is 5.26. The minimum absolute atomic E-state index is 0.0239. The first-order valence-electron chi connectivity index (χ1n) is 11.7. The minimum atomic E-state index is -1.25. The Morgan fingerprint density at radius 1 is 0.707 bits per heavy atom. The van der Waals surface area contributed by atoms with Gasteiger partial charge in [0, 0.05) is 11.6 Å². The van der Waals surface area contributed by atoms with Crippen LogP contribution < -0.4 is 9.47 Å². The summed E-state index contributed by atoms with van der Waals surface area (Å²) >= 11 is 0. The number of ether oxygens (including phenoxy) is 2. The van der Waals surface area contributed by atoms with E-state index in [1.54, 1.807) is 48.5 Å². The number of esters is 2. The number of carboxylic acid groups (broad SMARTS) is 1. The van der Waals surface area contributed by atoms with Crippen molar-refractivity contribution in [1.82, 2.24) is 0 Å². The minimum Gasteiger partial charge on any atom is -0.478 e. The standard InChI is InChI=1S/C27H22N2O12/c30-25(31)12-9-22-15-23(40-26(32)13-18-1-5-20(6-2-18)16-38-28(34)35)10-11-24(22)41-27(33)14-19-3-7-21(8-4-19)17-39-29(36)37/h1-12,15H,13-14,16-17H2,(H,30,31). The van der Waals surface area contributed by atoms with Gasteiger partial charge in [0.15, 0.2) is 0 Å². The van der Waals surface area contributed by atoms with E-state index >= 15 is 0 Å². The highest BCUT2D eigenvalue weighted by Gasteiger charge is 2.13. The summed E-state index contributed by atoms with van der Waals surface area (Å²) in [4.78, 5) is 65.2. The molecule has 0 saturated heterocycles. The Balaban J connectivity index is 1.64. The summed E-state index contributed by atoms with van der Waals surface area (Å²) in [6.45, 7) is -0.462. The van der Waals surface area contributed by atoms with E-state index in [1.165, 1.54) is 24.3 Å². The molecule has 0 aromatic heterocycles. The Morgan fingerprint density at radius 2 is 1.17 bits per heavy atom. The van der Waals surface area contributed by atoms with Crippen molar-refractivity contribution in [1.29, 1.82) is 0 Å². The third kappa shape index (κ3) is 10.5. The van der Waals surface area contributed by atoms with Gasteiger partial charge in [-0.25, -0.2) is 4.79 Å². The number of hydrogen-bond acceptors (Lipinski definition) is 11. The number of rotatable bonds is 14. The lowest BCUT2D eigenvalue weighted by Gasteiger charge is -2.11. The molecule has 0 fully saturated rings. The zero-order chi connectivity index (χ0) is 29.8. The van der Waals surface area contributed by atoms with Gasteiger partial charge in [-0.2, -0.15) is 0 Å². The molecule has 3 aromatic carbocycles. The molecule has 0 bridgehead atoms. The number of nitrogens with zero attached hydrogens (tertiary/aromatic N) is 2. The van der Waals surface area contributed by atoms with Crippen molar-refractivity contribution >= 4 is 24.0 Å². The molecule has 0 spiro atoms. The number of carbonyl (C=O) groups excluding carboxylic acids is 2. The van der Waals surface area contributed by atoms with Crippen molar-refractivity contribution < 1.29 is 48.8 Å². The van der Waals surface area contributed by atoms with Crippen molar-refractivity contribution in [2.24, 2.45) is 0 Å². The van der Waals surface area contributed by atoms with Gasteiger partial charge in [0.25, 0.3) is 10.2 Å². The summed E-state index contributed by atoms with van der Waals surface area (Å²) in [6.07, 6.45) is 1.74. The first-order valence-corrected chi connectivity index (χ1v) is 11.7. The van der Waals surface area contributed by atoms with Gasteiger partial charge < -0.3 is 24.3 Å². The lowest BCUT2D eigenvalue weighted by molar-refractivity contribution is -0.763. The molecule has 0 amide bonds. The monoisotopic (exact) mass is 566 g/mol. The quantitative estimate of drug-likeness (QED) is 0.0982. The molecule has 0 unspecified atom stereocenters. The van der Waals surface area contributed by atoms with E-state index in [9.17, 15) is 34.6 Å². The molecule has 1 N–H and O–H groups in total. The van der Waals surface area contributed by atoms with Gasteiger partial charge in [-0.1, -0.05) is 48.5 Å². The highest BCUT2D eigenvalue weighted by atomic mass is 17.0. The molecule has 0 aliphatic heterocycles. The summed E-state index contributed by atoms with van der Waals surface area (Å²) in [5.41, 5.74) is 2.37. The number of carboxylic acids is 1. The van der Waals surface area contributed by atoms with E-state index in [2.05, 4.69) is 9.68 Å². The van der Waals surface area contributed by atoms with Crippen LogP contribution in [0.4, 0.5) is 0 Å². The van der Waals surface area contributed by atoms with E-state index in [0.717, 1.165) is 6.08 Å². The molecule has 0 heterocycles. The van der Waals surface area contributed by atoms with Crippen LogP contribution in [0.2, 0.25) is 0 Å². The normalized spacial score (nSPS) is 10.5.